The van der Waals surface area contributed by atoms with E-state index in [1.165, 1.54) is 0 Å². The van der Waals surface area contributed by atoms with Crippen molar-refractivity contribution in [3.63, 3.8) is 0 Å². The standard InChI is InChI=1S/C12H21F3N2O2/c13-12(14,15)8-17(5-6-18)11(19)7-9-3-1-2-4-10(9)16/h9-10,18H,1-8,16H2. The molecule has 1 aliphatic carbocycles. The van der Waals surface area contributed by atoms with Gasteiger partial charge in [0.15, 0.2) is 0 Å². The Hall–Kier alpha value is -0.820. The minimum Gasteiger partial charge on any atom is -0.395 e. The maximum atomic E-state index is 12.3. The molecule has 1 fully saturated rings. The summed E-state index contributed by atoms with van der Waals surface area (Å²) in [5, 5.41) is 8.75. The lowest BCUT2D eigenvalue weighted by molar-refractivity contribution is -0.162. The van der Waals surface area contributed by atoms with Gasteiger partial charge in [0.2, 0.25) is 5.91 Å². The van der Waals surface area contributed by atoms with Gasteiger partial charge < -0.3 is 15.7 Å². The molecule has 0 aromatic rings. The van der Waals surface area contributed by atoms with E-state index in [4.69, 9.17) is 10.8 Å². The molecule has 0 aromatic carbocycles. The molecule has 0 aliphatic heterocycles. The normalized spacial score (nSPS) is 24.3. The summed E-state index contributed by atoms with van der Waals surface area (Å²) < 4.78 is 37.0. The second kappa shape index (κ2) is 7.09. The van der Waals surface area contributed by atoms with E-state index in [0.717, 1.165) is 25.7 Å². The van der Waals surface area contributed by atoms with Gasteiger partial charge in [-0.1, -0.05) is 12.8 Å². The Morgan fingerprint density at radius 3 is 2.47 bits per heavy atom. The Balaban J connectivity index is 2.55. The topological polar surface area (TPSA) is 66.6 Å². The zero-order valence-electron chi connectivity index (χ0n) is 10.8. The Bertz CT molecular complexity index is 297. The summed E-state index contributed by atoms with van der Waals surface area (Å²) in [7, 11) is 0. The molecule has 0 heterocycles. The fourth-order valence-electron chi connectivity index (χ4n) is 2.47. The highest BCUT2D eigenvalue weighted by Crippen LogP contribution is 2.27. The average Bonchev–Trinajstić information content (AvgIpc) is 2.30. The van der Waals surface area contributed by atoms with Gasteiger partial charge in [-0.05, 0) is 18.8 Å². The van der Waals surface area contributed by atoms with Crippen molar-refractivity contribution in [3.05, 3.63) is 0 Å². The van der Waals surface area contributed by atoms with Gasteiger partial charge in [-0.25, -0.2) is 0 Å². The Kier molecular flexibility index (Phi) is 6.06. The van der Waals surface area contributed by atoms with Crippen LogP contribution in [0.4, 0.5) is 13.2 Å². The van der Waals surface area contributed by atoms with E-state index in [1.54, 1.807) is 0 Å². The van der Waals surface area contributed by atoms with Crippen molar-refractivity contribution in [2.45, 2.75) is 44.3 Å². The molecule has 2 atom stereocenters. The van der Waals surface area contributed by atoms with Crippen molar-refractivity contribution < 1.29 is 23.1 Å². The molecule has 112 valence electrons. The van der Waals surface area contributed by atoms with Crippen molar-refractivity contribution in [2.24, 2.45) is 11.7 Å². The van der Waals surface area contributed by atoms with Gasteiger partial charge in [0.1, 0.15) is 6.54 Å². The number of nitrogens with two attached hydrogens (primary N) is 1. The van der Waals surface area contributed by atoms with Gasteiger partial charge in [-0.2, -0.15) is 13.2 Å². The van der Waals surface area contributed by atoms with Crippen LogP contribution in [-0.4, -0.2) is 47.8 Å². The fourth-order valence-corrected chi connectivity index (χ4v) is 2.47. The number of amides is 1. The number of hydrogen-bond donors (Lipinski definition) is 2. The van der Waals surface area contributed by atoms with Crippen LogP contribution in [0.3, 0.4) is 0 Å². The minimum absolute atomic E-state index is 0.0389. The minimum atomic E-state index is -4.44. The van der Waals surface area contributed by atoms with Crippen LogP contribution in [0.1, 0.15) is 32.1 Å². The van der Waals surface area contributed by atoms with Crippen LogP contribution in [-0.2, 0) is 4.79 Å². The molecule has 2 unspecified atom stereocenters. The van der Waals surface area contributed by atoms with Crippen molar-refractivity contribution in [3.8, 4) is 0 Å². The van der Waals surface area contributed by atoms with E-state index in [-0.39, 0.29) is 24.9 Å². The van der Waals surface area contributed by atoms with E-state index in [9.17, 15) is 18.0 Å². The maximum absolute atomic E-state index is 12.3. The number of carbonyl (C=O) groups excluding carboxylic acids is 1. The van der Waals surface area contributed by atoms with Crippen LogP contribution in [0.15, 0.2) is 0 Å². The largest absolute Gasteiger partial charge is 0.406 e. The van der Waals surface area contributed by atoms with Crippen LogP contribution in [0.5, 0.6) is 0 Å². The Morgan fingerprint density at radius 1 is 1.32 bits per heavy atom. The molecule has 3 N–H and O–H groups in total. The monoisotopic (exact) mass is 282 g/mol. The van der Waals surface area contributed by atoms with Gasteiger partial charge in [-0.3, -0.25) is 4.79 Å². The first-order chi connectivity index (χ1) is 8.83. The maximum Gasteiger partial charge on any atom is 0.406 e. The zero-order valence-corrected chi connectivity index (χ0v) is 10.8. The molecule has 1 rings (SSSR count). The summed E-state index contributed by atoms with van der Waals surface area (Å²) in [4.78, 5) is 12.6. The molecule has 4 nitrogen and oxygen atoms in total. The molecule has 1 saturated carbocycles. The number of aliphatic hydroxyl groups is 1. The highest BCUT2D eigenvalue weighted by atomic mass is 19.4. The summed E-state index contributed by atoms with van der Waals surface area (Å²) in [6.07, 6.45) is -0.834. The van der Waals surface area contributed by atoms with Gasteiger partial charge in [0, 0.05) is 19.0 Å². The zero-order chi connectivity index (χ0) is 14.5. The van der Waals surface area contributed by atoms with Crippen LogP contribution in [0.25, 0.3) is 0 Å². The highest BCUT2D eigenvalue weighted by Gasteiger charge is 2.34. The number of nitrogens with zero attached hydrogens (tertiary/aromatic N) is 1. The third-order valence-electron chi connectivity index (χ3n) is 3.50. The third kappa shape index (κ3) is 5.78. The van der Waals surface area contributed by atoms with Crippen LogP contribution in [0, 0.1) is 5.92 Å². The number of alkyl halides is 3. The molecule has 7 heteroatoms. The SMILES string of the molecule is NC1CCCCC1CC(=O)N(CCO)CC(F)(F)F. The lowest BCUT2D eigenvalue weighted by Gasteiger charge is -2.30. The van der Waals surface area contributed by atoms with Crippen molar-refractivity contribution in [1.82, 2.24) is 4.90 Å². The lowest BCUT2D eigenvalue weighted by atomic mass is 9.83. The summed E-state index contributed by atoms with van der Waals surface area (Å²) in [6.45, 7) is -2.08. The molecular weight excluding hydrogens is 261 g/mol. The predicted octanol–water partition coefficient (Wildman–Crippen LogP) is 1.28. The molecule has 0 radical (unpaired) electrons. The fraction of sp³-hybridized carbons (Fsp3) is 0.917. The first-order valence-electron chi connectivity index (χ1n) is 6.54. The third-order valence-corrected chi connectivity index (χ3v) is 3.50. The number of hydrogen-bond acceptors (Lipinski definition) is 3. The highest BCUT2D eigenvalue weighted by molar-refractivity contribution is 5.76. The molecule has 1 aliphatic rings. The van der Waals surface area contributed by atoms with E-state index in [1.807, 2.05) is 0 Å². The van der Waals surface area contributed by atoms with Crippen molar-refractivity contribution >= 4 is 5.91 Å². The lowest BCUT2D eigenvalue weighted by Crippen LogP contribution is -2.43. The number of aliphatic hydroxyl groups excluding tert-OH is 1. The van der Waals surface area contributed by atoms with Crippen molar-refractivity contribution in [2.75, 3.05) is 19.7 Å². The molecular formula is C12H21F3N2O2. The summed E-state index contributed by atoms with van der Waals surface area (Å²) in [6, 6.07) is -0.112. The second-order valence-electron chi connectivity index (χ2n) is 5.07. The summed E-state index contributed by atoms with van der Waals surface area (Å²) in [5.41, 5.74) is 5.89. The Labute approximate surface area is 110 Å². The smallest absolute Gasteiger partial charge is 0.395 e. The molecule has 0 spiro atoms. The van der Waals surface area contributed by atoms with Gasteiger partial charge in [0.05, 0.1) is 6.61 Å². The number of carbonyl (C=O) groups is 1. The van der Waals surface area contributed by atoms with Gasteiger partial charge >= 0.3 is 6.18 Å². The van der Waals surface area contributed by atoms with E-state index in [2.05, 4.69) is 0 Å². The quantitative estimate of drug-likeness (QED) is 0.798. The van der Waals surface area contributed by atoms with Gasteiger partial charge in [-0.15, -0.1) is 0 Å². The molecule has 0 aromatic heterocycles. The van der Waals surface area contributed by atoms with Crippen LogP contribution in [0.2, 0.25) is 0 Å². The first kappa shape index (κ1) is 16.2. The van der Waals surface area contributed by atoms with Crippen LogP contribution >= 0.6 is 0 Å². The molecule has 1 amide bonds. The predicted molar refractivity (Wildman–Crippen MR) is 64.3 cm³/mol. The molecule has 0 bridgehead atoms. The first-order valence-corrected chi connectivity index (χ1v) is 6.54. The summed E-state index contributed by atoms with van der Waals surface area (Å²) >= 11 is 0. The molecule has 19 heavy (non-hydrogen) atoms. The van der Waals surface area contributed by atoms with Gasteiger partial charge in [0.25, 0.3) is 0 Å². The van der Waals surface area contributed by atoms with E-state index in [0.29, 0.717) is 4.90 Å². The Morgan fingerprint density at radius 2 is 1.95 bits per heavy atom. The van der Waals surface area contributed by atoms with Crippen LogP contribution < -0.4 is 5.73 Å². The average molecular weight is 282 g/mol. The van der Waals surface area contributed by atoms with Crippen molar-refractivity contribution in [1.29, 1.82) is 0 Å². The summed E-state index contributed by atoms with van der Waals surface area (Å²) in [5.74, 6) is -0.621. The number of halogens is 3. The number of rotatable bonds is 5. The van der Waals surface area contributed by atoms with E-state index < -0.39 is 25.2 Å². The second-order valence-corrected chi connectivity index (χ2v) is 5.07. The molecule has 0 saturated heterocycles. The van der Waals surface area contributed by atoms with E-state index >= 15 is 0 Å².